The van der Waals surface area contributed by atoms with Gasteiger partial charge in [0.25, 0.3) is 0 Å². The molecule has 0 aliphatic carbocycles. The van der Waals surface area contributed by atoms with Gasteiger partial charge in [-0.3, -0.25) is 4.68 Å². The number of benzene rings is 1. The van der Waals surface area contributed by atoms with Crippen LogP contribution in [0, 0.1) is 0 Å². The van der Waals surface area contributed by atoms with Gasteiger partial charge in [-0.1, -0.05) is 0 Å². The summed E-state index contributed by atoms with van der Waals surface area (Å²) < 4.78 is 18.1. The zero-order valence-corrected chi connectivity index (χ0v) is 22.0. The van der Waals surface area contributed by atoms with E-state index in [1.807, 2.05) is 37.5 Å². The second-order valence-electron chi connectivity index (χ2n) is 7.75. The van der Waals surface area contributed by atoms with E-state index < -0.39 is 0 Å². The number of alkyl halides is 1. The molecule has 11 heteroatoms. The molecule has 3 heterocycles. The number of nitrogens with one attached hydrogen (secondary N) is 2. The van der Waals surface area contributed by atoms with Crippen LogP contribution in [-0.2, 0) is 7.05 Å². The van der Waals surface area contributed by atoms with Crippen LogP contribution >= 0.6 is 11.6 Å². The third-order valence-electron chi connectivity index (χ3n) is 4.50. The Hall–Kier alpha value is -2.70. The van der Waals surface area contributed by atoms with E-state index in [-0.39, 0.29) is 21.5 Å². The Morgan fingerprint density at radius 2 is 2.00 bits per heavy atom. The molecule has 4 aromatic rings. The van der Waals surface area contributed by atoms with Crippen LogP contribution < -0.4 is 39.8 Å². The van der Waals surface area contributed by atoms with Gasteiger partial charge in [-0.15, -0.1) is 0 Å². The number of hydrogen-bond acceptors (Lipinski definition) is 8. The molecule has 2 N–H and O–H groups in total. The van der Waals surface area contributed by atoms with E-state index in [4.69, 9.17) is 21.1 Å². The minimum atomic E-state index is 0.0221. The Balaban J connectivity index is 1.41. The molecule has 4 rings (SSSR count). The number of aromatic nitrogens is 5. The maximum atomic E-state index is 6.42. The Bertz CT molecular complexity index is 1250. The van der Waals surface area contributed by atoms with Gasteiger partial charge in [0.1, 0.15) is 12.1 Å². The van der Waals surface area contributed by atoms with E-state index in [0.717, 1.165) is 21.8 Å². The molecule has 0 atom stereocenters. The van der Waals surface area contributed by atoms with Crippen molar-refractivity contribution < 1.29 is 31.0 Å². The molecular weight excluding hydrogens is 569 g/mol. The fraction of sp³-hybridized carbons (Fsp3) is 0.304. The molecule has 0 fully saturated rings. The number of pyridine rings is 1. The summed E-state index contributed by atoms with van der Waals surface area (Å²) in [6, 6.07) is 9.66. The molecule has 9 nitrogen and oxygen atoms in total. The SMILES string of the molecule is CC(C)N[I-]CCCOc1cnc(Oc2ccc3ncnc(Nc4ccn(C)n4)c3c2)c(Cl)c1. The van der Waals surface area contributed by atoms with Gasteiger partial charge in [0.05, 0.1) is 5.52 Å². The van der Waals surface area contributed by atoms with Gasteiger partial charge in [0, 0.05) is 19.3 Å². The third kappa shape index (κ3) is 6.67. The molecule has 0 aliphatic rings. The van der Waals surface area contributed by atoms with Gasteiger partial charge in [0.2, 0.25) is 0 Å². The van der Waals surface area contributed by atoms with Gasteiger partial charge in [0.15, 0.2) is 5.82 Å². The van der Waals surface area contributed by atoms with Crippen molar-refractivity contribution in [3.8, 4) is 17.4 Å². The zero-order valence-electron chi connectivity index (χ0n) is 19.1. The minimum absolute atomic E-state index is 0.0221. The molecular formula is C23H26ClIN7O2-. The quantitative estimate of drug-likeness (QED) is 0.117. The van der Waals surface area contributed by atoms with Gasteiger partial charge >= 0.3 is 147 Å². The first-order chi connectivity index (χ1) is 16.5. The van der Waals surface area contributed by atoms with Crippen molar-refractivity contribution in [2.75, 3.05) is 16.4 Å². The summed E-state index contributed by atoms with van der Waals surface area (Å²) in [6.07, 6.45) is 5.98. The molecule has 0 saturated carbocycles. The Morgan fingerprint density at radius 3 is 2.76 bits per heavy atom. The molecule has 0 aliphatic heterocycles. The Morgan fingerprint density at radius 1 is 1.12 bits per heavy atom. The van der Waals surface area contributed by atoms with E-state index in [9.17, 15) is 0 Å². The summed E-state index contributed by atoms with van der Waals surface area (Å²) in [6.45, 7) is 4.96. The summed E-state index contributed by atoms with van der Waals surface area (Å²) in [7, 11) is 1.86. The van der Waals surface area contributed by atoms with Crippen LogP contribution in [0.3, 0.4) is 0 Å². The van der Waals surface area contributed by atoms with Crippen LogP contribution in [0.15, 0.2) is 49.1 Å². The van der Waals surface area contributed by atoms with Crippen LogP contribution in [0.5, 0.6) is 17.4 Å². The molecule has 34 heavy (non-hydrogen) atoms. The monoisotopic (exact) mass is 594 g/mol. The average molecular weight is 595 g/mol. The summed E-state index contributed by atoms with van der Waals surface area (Å²) >= 11 is 6.44. The first kappa shape index (κ1) is 24.4. The molecule has 0 unspecified atom stereocenters. The molecule has 180 valence electrons. The number of hydrogen-bond donors (Lipinski definition) is 2. The summed E-state index contributed by atoms with van der Waals surface area (Å²) in [5, 5.41) is 8.72. The molecule has 3 aromatic heterocycles. The van der Waals surface area contributed by atoms with Gasteiger partial charge in [-0.2, -0.15) is 5.10 Å². The number of rotatable bonds is 11. The van der Waals surface area contributed by atoms with E-state index in [2.05, 4.69) is 42.7 Å². The zero-order chi connectivity index (χ0) is 23.9. The number of nitrogens with zero attached hydrogens (tertiary/aromatic N) is 5. The number of aryl methyl sites for hydroxylation is 1. The van der Waals surface area contributed by atoms with Crippen LogP contribution in [0.4, 0.5) is 11.6 Å². The molecule has 0 spiro atoms. The second kappa shape index (κ2) is 11.6. The first-order valence-corrected chi connectivity index (χ1v) is 13.8. The topological polar surface area (TPSA) is 99.0 Å². The van der Waals surface area contributed by atoms with Crippen molar-refractivity contribution in [1.29, 1.82) is 0 Å². The predicted molar refractivity (Wildman–Crippen MR) is 129 cm³/mol. The van der Waals surface area contributed by atoms with Crippen molar-refractivity contribution in [1.82, 2.24) is 28.3 Å². The number of ether oxygens (including phenoxy) is 2. The van der Waals surface area contributed by atoms with Crippen LogP contribution in [0.2, 0.25) is 5.02 Å². The van der Waals surface area contributed by atoms with E-state index in [1.54, 1.807) is 16.9 Å². The van der Waals surface area contributed by atoms with Crippen molar-refractivity contribution in [2.45, 2.75) is 26.3 Å². The fourth-order valence-corrected chi connectivity index (χ4v) is 5.08. The van der Waals surface area contributed by atoms with E-state index in [0.29, 0.717) is 46.7 Å². The number of anilines is 2. The Labute approximate surface area is 213 Å². The first-order valence-electron chi connectivity index (χ1n) is 10.8. The molecule has 1 aromatic carbocycles. The second-order valence-corrected chi connectivity index (χ2v) is 10.6. The van der Waals surface area contributed by atoms with Gasteiger partial charge in [-0.25, -0.2) is 9.97 Å². The summed E-state index contributed by atoms with van der Waals surface area (Å²) in [5.41, 5.74) is 0.773. The van der Waals surface area contributed by atoms with Crippen molar-refractivity contribution >= 4 is 34.1 Å². The van der Waals surface area contributed by atoms with Gasteiger partial charge in [-0.05, 0) is 0 Å². The van der Waals surface area contributed by atoms with E-state index in [1.165, 1.54) is 6.33 Å². The Kier molecular flexibility index (Phi) is 8.35. The standard InChI is InChI=1S/C23H26ClIN7O2/c1-15(2)30-25-8-4-10-33-17-12-19(24)23(26-13-17)34-16-5-6-20-18(11-16)22(28-14-27-20)29-21-7-9-32(3)31-21/h5-7,9,11-15,30H,4,8,10H2,1-3H3,(H,27,28,29,31)/q-1. The molecule has 0 saturated heterocycles. The van der Waals surface area contributed by atoms with Crippen molar-refractivity contribution in [3.63, 3.8) is 0 Å². The fourth-order valence-electron chi connectivity index (χ4n) is 3.00. The number of halogens is 2. The van der Waals surface area contributed by atoms with Gasteiger partial charge < -0.3 is 5.32 Å². The third-order valence-corrected chi connectivity index (χ3v) is 7.76. The van der Waals surface area contributed by atoms with E-state index >= 15 is 0 Å². The summed E-state index contributed by atoms with van der Waals surface area (Å²) in [4.78, 5) is 13.0. The van der Waals surface area contributed by atoms with Crippen LogP contribution in [0.25, 0.3) is 10.9 Å². The molecule has 0 amide bonds. The predicted octanol–water partition coefficient (Wildman–Crippen LogP) is 1.72. The van der Waals surface area contributed by atoms with Crippen LogP contribution in [0.1, 0.15) is 20.3 Å². The van der Waals surface area contributed by atoms with Crippen molar-refractivity contribution in [2.24, 2.45) is 7.05 Å². The maximum absolute atomic E-state index is 6.42. The summed E-state index contributed by atoms with van der Waals surface area (Å²) in [5.74, 6) is 2.81. The number of fused-ring (bicyclic) bond motifs is 1. The van der Waals surface area contributed by atoms with Crippen molar-refractivity contribution in [3.05, 3.63) is 54.1 Å². The molecule has 0 bridgehead atoms. The average Bonchev–Trinajstić information content (AvgIpc) is 3.22. The molecule has 0 radical (unpaired) electrons. The normalized spacial score (nSPS) is 11.3. The van der Waals surface area contributed by atoms with Crippen LogP contribution in [-0.4, -0.2) is 41.8 Å².